The number of aryl methyl sites for hydroxylation is 2. The smallest absolute Gasteiger partial charge is 0.180 e. The first-order valence-corrected chi connectivity index (χ1v) is 6.86. The second-order valence-corrected chi connectivity index (χ2v) is 6.48. The third-order valence-electron chi connectivity index (χ3n) is 2.91. The van der Waals surface area contributed by atoms with Gasteiger partial charge in [0.05, 0.1) is 10.6 Å². The van der Waals surface area contributed by atoms with Gasteiger partial charge in [0, 0.05) is 11.5 Å². The van der Waals surface area contributed by atoms with E-state index in [4.69, 9.17) is 0 Å². The normalized spacial score (nSPS) is 22.9. The van der Waals surface area contributed by atoms with Gasteiger partial charge in [0.25, 0.3) is 0 Å². The molecule has 2 rings (SSSR count). The van der Waals surface area contributed by atoms with Crippen LogP contribution in [0.25, 0.3) is 0 Å². The standard InChI is InChI=1S/C12H14O3S/c1-7-4-8(2)12-10(5-7)11(13)9(3)6-16(12,14)15/h4-5,9H,6H2,1-3H3. The minimum absolute atomic E-state index is 0.0587. The number of Topliss-reactive ketones (excluding diaryl/α,β-unsaturated/α-hetero) is 1. The fraction of sp³-hybridized carbons (Fsp3) is 0.417. The molecule has 1 heterocycles. The molecule has 0 aromatic heterocycles. The topological polar surface area (TPSA) is 51.2 Å². The molecule has 1 aromatic rings. The van der Waals surface area contributed by atoms with E-state index in [1.54, 1.807) is 26.0 Å². The van der Waals surface area contributed by atoms with Crippen molar-refractivity contribution >= 4 is 15.6 Å². The number of hydrogen-bond acceptors (Lipinski definition) is 3. The summed E-state index contributed by atoms with van der Waals surface area (Å²) in [5.41, 5.74) is 1.97. The Hall–Kier alpha value is -1.16. The molecule has 0 amide bonds. The van der Waals surface area contributed by atoms with Crippen LogP contribution in [0.4, 0.5) is 0 Å². The predicted molar refractivity (Wildman–Crippen MR) is 61.5 cm³/mol. The number of carbonyl (C=O) groups excluding carboxylic acids is 1. The number of hydrogen-bond donors (Lipinski definition) is 0. The Balaban J connectivity index is 2.84. The highest BCUT2D eigenvalue weighted by molar-refractivity contribution is 7.91. The zero-order valence-electron chi connectivity index (χ0n) is 9.57. The van der Waals surface area contributed by atoms with E-state index in [9.17, 15) is 13.2 Å². The third-order valence-corrected chi connectivity index (χ3v) is 5.02. The molecule has 0 bridgehead atoms. The Morgan fingerprint density at radius 1 is 1.25 bits per heavy atom. The van der Waals surface area contributed by atoms with E-state index < -0.39 is 15.8 Å². The molecule has 0 saturated carbocycles. The molecule has 1 aromatic carbocycles. The van der Waals surface area contributed by atoms with Crippen molar-refractivity contribution in [3.8, 4) is 0 Å². The quantitative estimate of drug-likeness (QED) is 0.693. The highest BCUT2D eigenvalue weighted by Gasteiger charge is 2.35. The summed E-state index contributed by atoms with van der Waals surface area (Å²) in [6.45, 7) is 5.28. The summed E-state index contributed by atoms with van der Waals surface area (Å²) < 4.78 is 24.0. The second kappa shape index (κ2) is 3.42. The lowest BCUT2D eigenvalue weighted by atomic mass is 9.97. The van der Waals surface area contributed by atoms with Crippen LogP contribution >= 0.6 is 0 Å². The molecule has 1 atom stereocenters. The van der Waals surface area contributed by atoms with Gasteiger partial charge in [0.2, 0.25) is 0 Å². The van der Waals surface area contributed by atoms with Crippen molar-refractivity contribution < 1.29 is 13.2 Å². The van der Waals surface area contributed by atoms with Crippen LogP contribution in [0.1, 0.15) is 28.4 Å². The summed E-state index contributed by atoms with van der Waals surface area (Å²) >= 11 is 0. The first kappa shape index (κ1) is 11.3. The molecule has 0 radical (unpaired) electrons. The Labute approximate surface area is 95.4 Å². The molecule has 86 valence electrons. The van der Waals surface area contributed by atoms with E-state index in [1.807, 2.05) is 6.92 Å². The fourth-order valence-electron chi connectivity index (χ4n) is 2.30. The molecule has 4 heteroatoms. The van der Waals surface area contributed by atoms with Crippen molar-refractivity contribution in [1.29, 1.82) is 0 Å². The molecular formula is C12H14O3S. The average Bonchev–Trinajstić information content (AvgIpc) is 2.11. The largest absolute Gasteiger partial charge is 0.294 e. The molecule has 0 saturated heterocycles. The Kier molecular flexibility index (Phi) is 2.42. The van der Waals surface area contributed by atoms with Crippen LogP contribution in [0.5, 0.6) is 0 Å². The summed E-state index contributed by atoms with van der Waals surface area (Å²) in [6, 6.07) is 3.48. The predicted octanol–water partition coefficient (Wildman–Crippen LogP) is 1.91. The molecular weight excluding hydrogens is 224 g/mol. The highest BCUT2D eigenvalue weighted by atomic mass is 32.2. The van der Waals surface area contributed by atoms with Gasteiger partial charge in [-0.15, -0.1) is 0 Å². The van der Waals surface area contributed by atoms with Gasteiger partial charge < -0.3 is 0 Å². The van der Waals surface area contributed by atoms with Crippen molar-refractivity contribution in [2.45, 2.75) is 25.7 Å². The van der Waals surface area contributed by atoms with Crippen molar-refractivity contribution in [2.24, 2.45) is 5.92 Å². The van der Waals surface area contributed by atoms with E-state index >= 15 is 0 Å². The second-order valence-electron chi connectivity index (χ2n) is 4.51. The van der Waals surface area contributed by atoms with Gasteiger partial charge >= 0.3 is 0 Å². The lowest BCUT2D eigenvalue weighted by Gasteiger charge is -2.22. The molecule has 1 aliphatic heterocycles. The van der Waals surface area contributed by atoms with Gasteiger partial charge in [-0.25, -0.2) is 8.42 Å². The van der Waals surface area contributed by atoms with Gasteiger partial charge in [-0.2, -0.15) is 0 Å². The van der Waals surface area contributed by atoms with E-state index in [0.717, 1.165) is 5.56 Å². The molecule has 3 nitrogen and oxygen atoms in total. The SMILES string of the molecule is Cc1cc(C)c2c(c1)C(=O)C(C)CS2(=O)=O. The highest BCUT2D eigenvalue weighted by Crippen LogP contribution is 2.31. The fourth-order valence-corrected chi connectivity index (χ4v) is 4.32. The lowest BCUT2D eigenvalue weighted by molar-refractivity contribution is 0.0933. The van der Waals surface area contributed by atoms with Gasteiger partial charge in [-0.1, -0.05) is 18.6 Å². The molecule has 0 N–H and O–H groups in total. The van der Waals surface area contributed by atoms with Crippen molar-refractivity contribution in [3.63, 3.8) is 0 Å². The summed E-state index contributed by atoms with van der Waals surface area (Å²) in [7, 11) is -3.29. The van der Waals surface area contributed by atoms with Crippen LogP contribution in [-0.2, 0) is 9.84 Å². The van der Waals surface area contributed by atoms with Crippen LogP contribution in [0.2, 0.25) is 0 Å². The zero-order valence-corrected chi connectivity index (χ0v) is 10.4. The van der Waals surface area contributed by atoms with Gasteiger partial charge in [-0.3, -0.25) is 4.79 Å². The van der Waals surface area contributed by atoms with Gasteiger partial charge in [-0.05, 0) is 25.5 Å². The van der Waals surface area contributed by atoms with E-state index in [1.165, 1.54) is 0 Å². The first-order chi connectivity index (χ1) is 7.33. The minimum Gasteiger partial charge on any atom is -0.294 e. The summed E-state index contributed by atoms with van der Waals surface area (Å²) in [5, 5.41) is 0. The van der Waals surface area contributed by atoms with Crippen LogP contribution in [0, 0.1) is 19.8 Å². The van der Waals surface area contributed by atoms with Crippen LogP contribution in [0.15, 0.2) is 17.0 Å². The maximum Gasteiger partial charge on any atom is 0.180 e. The Bertz CT molecular complexity index is 570. The van der Waals surface area contributed by atoms with Crippen LogP contribution < -0.4 is 0 Å². The van der Waals surface area contributed by atoms with Crippen LogP contribution in [0.3, 0.4) is 0 Å². The number of fused-ring (bicyclic) bond motifs is 1. The lowest BCUT2D eigenvalue weighted by Crippen LogP contribution is -2.30. The molecule has 1 aliphatic rings. The van der Waals surface area contributed by atoms with Crippen molar-refractivity contribution in [2.75, 3.05) is 5.75 Å². The maximum absolute atomic E-state index is 12.0. The molecule has 16 heavy (non-hydrogen) atoms. The number of rotatable bonds is 0. The van der Waals surface area contributed by atoms with E-state index in [-0.39, 0.29) is 16.4 Å². The number of sulfone groups is 1. The van der Waals surface area contributed by atoms with E-state index in [2.05, 4.69) is 0 Å². The number of carbonyl (C=O) groups is 1. The number of benzene rings is 1. The maximum atomic E-state index is 12.0. The summed E-state index contributed by atoms with van der Waals surface area (Å²) in [4.78, 5) is 12.2. The van der Waals surface area contributed by atoms with Crippen molar-refractivity contribution in [3.05, 3.63) is 28.8 Å². The minimum atomic E-state index is -3.29. The Morgan fingerprint density at radius 3 is 2.50 bits per heavy atom. The third kappa shape index (κ3) is 1.57. The van der Waals surface area contributed by atoms with Gasteiger partial charge in [0.15, 0.2) is 15.6 Å². The first-order valence-electron chi connectivity index (χ1n) is 5.21. The number of ketones is 1. The molecule has 0 aliphatic carbocycles. The summed E-state index contributed by atoms with van der Waals surface area (Å²) in [6.07, 6.45) is 0. The van der Waals surface area contributed by atoms with Crippen LogP contribution in [-0.4, -0.2) is 20.0 Å². The van der Waals surface area contributed by atoms with E-state index in [0.29, 0.717) is 11.1 Å². The summed E-state index contributed by atoms with van der Waals surface area (Å²) in [5.74, 6) is -0.557. The zero-order chi connectivity index (χ0) is 12.1. The monoisotopic (exact) mass is 238 g/mol. The van der Waals surface area contributed by atoms with Crippen molar-refractivity contribution in [1.82, 2.24) is 0 Å². The Morgan fingerprint density at radius 2 is 1.88 bits per heavy atom. The van der Waals surface area contributed by atoms with Gasteiger partial charge in [0.1, 0.15) is 0 Å². The molecule has 1 unspecified atom stereocenters. The molecule has 0 fully saturated rings. The average molecular weight is 238 g/mol. The molecule has 0 spiro atoms.